The summed E-state index contributed by atoms with van der Waals surface area (Å²) in [6.45, 7) is 1.95. The van der Waals surface area contributed by atoms with Crippen LogP contribution in [0.5, 0.6) is 0 Å². The maximum atomic E-state index is 13.3. The van der Waals surface area contributed by atoms with Crippen LogP contribution >= 0.6 is 0 Å². The summed E-state index contributed by atoms with van der Waals surface area (Å²) in [5.74, 6) is -0.0217. The lowest BCUT2D eigenvalue weighted by Gasteiger charge is -2.40. The van der Waals surface area contributed by atoms with Crippen LogP contribution < -0.4 is 5.32 Å². The highest BCUT2D eigenvalue weighted by Gasteiger charge is 2.44. The molecule has 0 radical (unpaired) electrons. The second-order valence-corrected chi connectivity index (χ2v) is 6.77. The molecule has 1 aromatic rings. The Bertz CT molecular complexity index is 569. The fourth-order valence-corrected chi connectivity index (χ4v) is 3.78. The largest absolute Gasteiger partial charge is 0.401 e. The minimum absolute atomic E-state index is 0.0217. The third-order valence-electron chi connectivity index (χ3n) is 5.05. The lowest BCUT2D eigenvalue weighted by Crippen LogP contribution is -2.56. The molecule has 0 saturated carbocycles. The van der Waals surface area contributed by atoms with Crippen molar-refractivity contribution in [3.63, 3.8) is 0 Å². The van der Waals surface area contributed by atoms with E-state index in [9.17, 15) is 18.0 Å². The number of halogens is 3. The minimum Gasteiger partial charge on any atom is -0.339 e. The smallest absolute Gasteiger partial charge is 0.339 e. The molecule has 2 fully saturated rings. The van der Waals surface area contributed by atoms with Crippen LogP contribution in [0.4, 0.5) is 13.2 Å². The van der Waals surface area contributed by atoms with Gasteiger partial charge in [-0.3, -0.25) is 14.4 Å². The molecule has 9 heteroatoms. The first kappa shape index (κ1) is 18.2. The molecule has 2 aliphatic rings. The first-order chi connectivity index (χ1) is 11.9. The Labute approximate surface area is 144 Å². The summed E-state index contributed by atoms with van der Waals surface area (Å²) < 4.78 is 39.6. The second-order valence-electron chi connectivity index (χ2n) is 6.77. The van der Waals surface area contributed by atoms with Crippen molar-refractivity contribution in [3.8, 4) is 0 Å². The van der Waals surface area contributed by atoms with Crippen molar-refractivity contribution in [3.05, 3.63) is 18.5 Å². The molecule has 2 aliphatic heterocycles. The van der Waals surface area contributed by atoms with E-state index < -0.39 is 18.3 Å². The third kappa shape index (κ3) is 4.14. The van der Waals surface area contributed by atoms with Crippen molar-refractivity contribution in [2.45, 2.75) is 31.0 Å². The quantitative estimate of drug-likeness (QED) is 0.877. The summed E-state index contributed by atoms with van der Waals surface area (Å²) in [6, 6.07) is 1.80. The van der Waals surface area contributed by atoms with E-state index in [1.54, 1.807) is 28.0 Å². The summed E-state index contributed by atoms with van der Waals surface area (Å²) in [5.41, 5.74) is -0.728. The molecule has 0 atom stereocenters. The molecule has 0 aromatic carbocycles. The van der Waals surface area contributed by atoms with Crippen LogP contribution in [0.25, 0.3) is 0 Å². The maximum Gasteiger partial charge on any atom is 0.401 e. The topological polar surface area (TPSA) is 53.4 Å². The molecule has 3 rings (SSSR count). The van der Waals surface area contributed by atoms with E-state index in [1.165, 1.54) is 4.90 Å². The van der Waals surface area contributed by atoms with Gasteiger partial charge in [0.2, 0.25) is 0 Å². The number of carbonyl (C=O) groups is 1. The van der Waals surface area contributed by atoms with Gasteiger partial charge >= 0.3 is 6.18 Å². The number of nitrogens with one attached hydrogen (secondary N) is 1. The van der Waals surface area contributed by atoms with Gasteiger partial charge in [0, 0.05) is 38.6 Å². The SMILES string of the molecule is O=C(N1CCCN(CC(F)(F)F)CC1)C1(n2cccn2)CCNCC1. The number of nitrogens with zero attached hydrogens (tertiary/aromatic N) is 4. The number of aromatic nitrogens is 2. The Balaban J connectivity index is 1.72. The molecule has 0 unspecified atom stereocenters. The summed E-state index contributed by atoms with van der Waals surface area (Å²) in [7, 11) is 0. The van der Waals surface area contributed by atoms with Gasteiger partial charge in [-0.25, -0.2) is 0 Å². The summed E-state index contributed by atoms with van der Waals surface area (Å²) in [4.78, 5) is 16.4. The normalized spacial score (nSPS) is 22.6. The van der Waals surface area contributed by atoms with Crippen molar-refractivity contribution >= 4 is 5.91 Å². The minimum atomic E-state index is -4.20. The van der Waals surface area contributed by atoms with Crippen LogP contribution in [-0.4, -0.2) is 77.5 Å². The van der Waals surface area contributed by atoms with Gasteiger partial charge in [-0.1, -0.05) is 0 Å². The van der Waals surface area contributed by atoms with E-state index in [0.29, 0.717) is 38.9 Å². The molecule has 1 N–H and O–H groups in total. The molecule has 0 aliphatic carbocycles. The predicted octanol–water partition coefficient (Wildman–Crippen LogP) is 1.06. The fraction of sp³-hybridized carbons (Fsp3) is 0.750. The van der Waals surface area contributed by atoms with E-state index in [1.807, 2.05) is 0 Å². The van der Waals surface area contributed by atoms with E-state index in [2.05, 4.69) is 10.4 Å². The summed E-state index contributed by atoms with van der Waals surface area (Å²) in [6.07, 6.45) is 1.08. The van der Waals surface area contributed by atoms with Crippen LogP contribution in [0, 0.1) is 0 Å². The van der Waals surface area contributed by atoms with Gasteiger partial charge in [-0.05, 0) is 38.4 Å². The van der Waals surface area contributed by atoms with Gasteiger partial charge in [0.25, 0.3) is 5.91 Å². The average Bonchev–Trinajstić information content (AvgIpc) is 3.02. The number of rotatable bonds is 3. The van der Waals surface area contributed by atoms with Crippen LogP contribution in [0.2, 0.25) is 0 Å². The average molecular weight is 359 g/mol. The molecular weight excluding hydrogens is 335 g/mol. The molecule has 0 spiro atoms. The zero-order chi connectivity index (χ0) is 17.9. The van der Waals surface area contributed by atoms with Crippen molar-refractivity contribution in [2.24, 2.45) is 0 Å². The van der Waals surface area contributed by atoms with Gasteiger partial charge in [0.1, 0.15) is 5.54 Å². The van der Waals surface area contributed by atoms with Crippen LogP contribution in [-0.2, 0) is 10.3 Å². The van der Waals surface area contributed by atoms with Crippen molar-refractivity contribution < 1.29 is 18.0 Å². The lowest BCUT2D eigenvalue weighted by molar-refractivity contribution is -0.146. The van der Waals surface area contributed by atoms with Gasteiger partial charge in [-0.15, -0.1) is 0 Å². The van der Waals surface area contributed by atoms with Gasteiger partial charge in [0.05, 0.1) is 6.54 Å². The van der Waals surface area contributed by atoms with Gasteiger partial charge in [0.15, 0.2) is 0 Å². The highest BCUT2D eigenvalue weighted by atomic mass is 19.4. The van der Waals surface area contributed by atoms with Crippen molar-refractivity contribution in [1.82, 2.24) is 24.9 Å². The monoisotopic (exact) mass is 359 g/mol. The molecule has 0 bridgehead atoms. The molecule has 3 heterocycles. The van der Waals surface area contributed by atoms with Crippen LogP contribution in [0.1, 0.15) is 19.3 Å². The van der Waals surface area contributed by atoms with Gasteiger partial charge < -0.3 is 10.2 Å². The van der Waals surface area contributed by atoms with E-state index in [0.717, 1.165) is 13.1 Å². The first-order valence-corrected chi connectivity index (χ1v) is 8.70. The Morgan fingerprint density at radius 3 is 2.56 bits per heavy atom. The Morgan fingerprint density at radius 2 is 1.92 bits per heavy atom. The highest BCUT2D eigenvalue weighted by molar-refractivity contribution is 5.84. The van der Waals surface area contributed by atoms with E-state index in [4.69, 9.17) is 0 Å². The molecule has 2 saturated heterocycles. The van der Waals surface area contributed by atoms with E-state index in [-0.39, 0.29) is 12.5 Å². The molecule has 6 nitrogen and oxygen atoms in total. The summed E-state index contributed by atoms with van der Waals surface area (Å²) in [5, 5.41) is 7.56. The van der Waals surface area contributed by atoms with Crippen molar-refractivity contribution in [2.75, 3.05) is 45.8 Å². The summed E-state index contributed by atoms with van der Waals surface area (Å²) >= 11 is 0. The van der Waals surface area contributed by atoms with E-state index >= 15 is 0 Å². The molecular formula is C16H24F3N5O. The second kappa shape index (κ2) is 7.33. The van der Waals surface area contributed by atoms with Crippen molar-refractivity contribution in [1.29, 1.82) is 0 Å². The number of amides is 1. The third-order valence-corrected chi connectivity index (χ3v) is 5.05. The maximum absolute atomic E-state index is 13.3. The number of carbonyl (C=O) groups excluding carboxylic acids is 1. The molecule has 25 heavy (non-hydrogen) atoms. The zero-order valence-corrected chi connectivity index (χ0v) is 14.1. The number of hydrogen-bond acceptors (Lipinski definition) is 4. The lowest BCUT2D eigenvalue weighted by atomic mass is 9.86. The number of piperidine rings is 1. The fourth-order valence-electron chi connectivity index (χ4n) is 3.78. The zero-order valence-electron chi connectivity index (χ0n) is 14.1. The standard InChI is InChI=1S/C16H24F3N5O/c17-16(18,19)13-22-8-2-9-23(12-11-22)14(25)15(3-6-20-7-4-15)24-10-1-5-21-24/h1,5,10,20H,2-4,6-9,11-13H2. The molecule has 1 aromatic heterocycles. The molecule has 1 amide bonds. The van der Waals surface area contributed by atoms with Gasteiger partial charge in [-0.2, -0.15) is 18.3 Å². The molecule has 140 valence electrons. The van der Waals surface area contributed by atoms with Crippen LogP contribution in [0.3, 0.4) is 0 Å². The van der Waals surface area contributed by atoms with Crippen LogP contribution in [0.15, 0.2) is 18.5 Å². The number of hydrogen-bond donors (Lipinski definition) is 1. The highest BCUT2D eigenvalue weighted by Crippen LogP contribution is 2.30. The Kier molecular flexibility index (Phi) is 5.33. The predicted molar refractivity (Wildman–Crippen MR) is 86.0 cm³/mol. The Hall–Kier alpha value is -1.61. The number of alkyl halides is 3. The first-order valence-electron chi connectivity index (χ1n) is 8.70. The Morgan fingerprint density at radius 1 is 1.16 bits per heavy atom.